The lowest BCUT2D eigenvalue weighted by atomic mass is 9.67. The molecule has 1 unspecified atom stereocenters. The van der Waals surface area contributed by atoms with Gasteiger partial charge in [-0.25, -0.2) is 9.07 Å². The number of methoxy groups -OCH3 is 1. The highest BCUT2D eigenvalue weighted by Gasteiger charge is 2.47. The van der Waals surface area contributed by atoms with Crippen LogP contribution in [0.5, 0.6) is 5.88 Å². The average molecular weight is 386 g/mol. The van der Waals surface area contributed by atoms with Crippen LogP contribution in [0.15, 0.2) is 18.2 Å². The molecule has 1 atom stereocenters. The van der Waals surface area contributed by atoms with Crippen molar-refractivity contribution in [3.8, 4) is 5.88 Å². The number of halogens is 4. The SMILES string of the molecule is COC(=O)C1(c2cccc(F)c2C)CCc2nn(CC(F)(F)F)c(O)c2C1. The number of aromatic hydroxyl groups is 1. The monoisotopic (exact) mass is 386 g/mol. The van der Waals surface area contributed by atoms with Crippen LogP contribution in [-0.4, -0.2) is 34.1 Å². The summed E-state index contributed by atoms with van der Waals surface area (Å²) < 4.78 is 57.6. The molecule has 0 spiro atoms. The van der Waals surface area contributed by atoms with Crippen LogP contribution in [-0.2, 0) is 34.3 Å². The summed E-state index contributed by atoms with van der Waals surface area (Å²) in [7, 11) is 1.20. The highest BCUT2D eigenvalue weighted by molar-refractivity contribution is 5.85. The van der Waals surface area contributed by atoms with Crippen LogP contribution in [0, 0.1) is 12.7 Å². The molecule has 0 radical (unpaired) electrons. The van der Waals surface area contributed by atoms with E-state index in [1.54, 1.807) is 6.07 Å². The maximum atomic E-state index is 14.1. The summed E-state index contributed by atoms with van der Waals surface area (Å²) in [6, 6.07) is 4.32. The van der Waals surface area contributed by atoms with Gasteiger partial charge in [0.15, 0.2) is 0 Å². The van der Waals surface area contributed by atoms with Gasteiger partial charge >= 0.3 is 12.1 Å². The lowest BCUT2D eigenvalue weighted by molar-refractivity contribution is -0.148. The molecule has 1 aliphatic rings. The van der Waals surface area contributed by atoms with Crippen molar-refractivity contribution in [3.63, 3.8) is 0 Å². The van der Waals surface area contributed by atoms with Crippen molar-refractivity contribution in [2.45, 2.75) is 44.3 Å². The first-order valence-electron chi connectivity index (χ1n) is 8.27. The molecule has 0 amide bonds. The first-order chi connectivity index (χ1) is 12.6. The first kappa shape index (κ1) is 19.2. The molecule has 27 heavy (non-hydrogen) atoms. The molecule has 5 nitrogen and oxygen atoms in total. The van der Waals surface area contributed by atoms with E-state index in [0.717, 1.165) is 0 Å². The fourth-order valence-corrected chi connectivity index (χ4v) is 3.76. The standard InChI is InChI=1S/C18H18F4N2O3/c1-10-12(4-3-5-13(10)19)17(16(26)27-2)7-6-14-11(8-17)15(25)24(23-14)9-18(20,21)22/h3-5,25H,6-9H2,1-2H3. The van der Waals surface area contributed by atoms with Crippen LogP contribution in [0.1, 0.15) is 28.8 Å². The number of esters is 1. The van der Waals surface area contributed by atoms with E-state index in [1.165, 1.54) is 26.2 Å². The number of alkyl halides is 3. The molecule has 0 saturated carbocycles. The van der Waals surface area contributed by atoms with Crippen LogP contribution in [0.2, 0.25) is 0 Å². The highest BCUT2D eigenvalue weighted by atomic mass is 19.4. The molecule has 146 valence electrons. The molecular formula is C18H18F4N2O3. The Morgan fingerprint density at radius 2 is 2.11 bits per heavy atom. The number of aromatic nitrogens is 2. The maximum absolute atomic E-state index is 14.1. The van der Waals surface area contributed by atoms with E-state index in [4.69, 9.17) is 4.74 Å². The Morgan fingerprint density at radius 3 is 2.74 bits per heavy atom. The number of rotatable bonds is 3. The first-order valence-corrected chi connectivity index (χ1v) is 8.27. The number of carbonyl (C=O) groups is 1. The third-order valence-electron chi connectivity index (χ3n) is 5.06. The molecule has 0 aliphatic heterocycles. The quantitative estimate of drug-likeness (QED) is 0.650. The van der Waals surface area contributed by atoms with Gasteiger partial charge in [0.1, 0.15) is 12.4 Å². The lowest BCUT2D eigenvalue weighted by Crippen LogP contribution is -2.42. The minimum Gasteiger partial charge on any atom is -0.493 e. The summed E-state index contributed by atoms with van der Waals surface area (Å²) in [6.07, 6.45) is -4.34. The number of aryl methyl sites for hydroxylation is 1. The summed E-state index contributed by atoms with van der Waals surface area (Å²) >= 11 is 0. The lowest BCUT2D eigenvalue weighted by Gasteiger charge is -2.35. The fourth-order valence-electron chi connectivity index (χ4n) is 3.76. The Labute approximate surface area is 152 Å². The van der Waals surface area contributed by atoms with Gasteiger partial charge < -0.3 is 9.84 Å². The minimum absolute atomic E-state index is 0.122. The summed E-state index contributed by atoms with van der Waals surface area (Å²) in [5.74, 6) is -1.77. The number of ether oxygens (including phenoxy) is 1. The van der Waals surface area contributed by atoms with Crippen LogP contribution < -0.4 is 0 Å². The van der Waals surface area contributed by atoms with Gasteiger partial charge in [-0.2, -0.15) is 18.3 Å². The zero-order valence-corrected chi connectivity index (χ0v) is 14.7. The number of fused-ring (bicyclic) bond motifs is 1. The summed E-state index contributed by atoms with van der Waals surface area (Å²) in [4.78, 5) is 12.7. The van der Waals surface area contributed by atoms with Crippen molar-refractivity contribution in [1.82, 2.24) is 9.78 Å². The van der Waals surface area contributed by atoms with E-state index in [-0.39, 0.29) is 30.4 Å². The molecule has 1 N–H and O–H groups in total. The molecule has 0 fully saturated rings. The molecular weight excluding hydrogens is 368 g/mol. The molecule has 3 rings (SSSR count). The van der Waals surface area contributed by atoms with Crippen LogP contribution in [0.4, 0.5) is 17.6 Å². The third kappa shape index (κ3) is 3.26. The van der Waals surface area contributed by atoms with Gasteiger partial charge in [0.2, 0.25) is 5.88 Å². The molecule has 1 aliphatic carbocycles. The van der Waals surface area contributed by atoms with Crippen molar-refractivity contribution in [1.29, 1.82) is 0 Å². The van der Waals surface area contributed by atoms with Crippen LogP contribution in [0.3, 0.4) is 0 Å². The zero-order chi connectivity index (χ0) is 20.0. The van der Waals surface area contributed by atoms with Crippen LogP contribution in [0.25, 0.3) is 0 Å². The van der Waals surface area contributed by atoms with Gasteiger partial charge in [0, 0.05) is 5.56 Å². The van der Waals surface area contributed by atoms with E-state index >= 15 is 0 Å². The Balaban J connectivity index is 2.11. The second-order valence-corrected chi connectivity index (χ2v) is 6.68. The second kappa shape index (κ2) is 6.54. The third-order valence-corrected chi connectivity index (χ3v) is 5.06. The molecule has 1 aromatic heterocycles. The van der Waals surface area contributed by atoms with Gasteiger partial charge in [-0.05, 0) is 43.4 Å². The predicted octanol–water partition coefficient (Wildman–Crippen LogP) is 3.20. The number of benzene rings is 1. The van der Waals surface area contributed by atoms with E-state index in [9.17, 15) is 27.5 Å². The van der Waals surface area contributed by atoms with Crippen molar-refractivity contribution in [2.24, 2.45) is 0 Å². The highest BCUT2D eigenvalue weighted by Crippen LogP contribution is 2.44. The van der Waals surface area contributed by atoms with Crippen molar-refractivity contribution in [2.75, 3.05) is 7.11 Å². The second-order valence-electron chi connectivity index (χ2n) is 6.68. The van der Waals surface area contributed by atoms with E-state index in [1.807, 2.05) is 0 Å². The topological polar surface area (TPSA) is 64.3 Å². The molecule has 2 aromatic rings. The van der Waals surface area contributed by atoms with E-state index in [0.29, 0.717) is 15.9 Å². The number of nitrogens with zero attached hydrogens (tertiary/aromatic N) is 2. The van der Waals surface area contributed by atoms with Gasteiger partial charge in [-0.3, -0.25) is 4.79 Å². The Bertz CT molecular complexity index is 891. The van der Waals surface area contributed by atoms with Crippen molar-refractivity contribution < 1.29 is 32.2 Å². The maximum Gasteiger partial charge on any atom is 0.408 e. The Morgan fingerprint density at radius 1 is 1.41 bits per heavy atom. The predicted molar refractivity (Wildman–Crippen MR) is 86.8 cm³/mol. The molecule has 0 bridgehead atoms. The molecule has 1 heterocycles. The summed E-state index contributed by atoms with van der Waals surface area (Å²) in [5, 5.41) is 14.1. The van der Waals surface area contributed by atoms with Gasteiger partial charge in [-0.1, -0.05) is 12.1 Å². The average Bonchev–Trinajstić information content (AvgIpc) is 2.90. The minimum atomic E-state index is -4.55. The van der Waals surface area contributed by atoms with Crippen molar-refractivity contribution in [3.05, 3.63) is 46.4 Å². The van der Waals surface area contributed by atoms with E-state index < -0.39 is 35.8 Å². The van der Waals surface area contributed by atoms with E-state index in [2.05, 4.69) is 5.10 Å². The molecule has 9 heteroatoms. The normalized spacial score (nSPS) is 19.6. The van der Waals surface area contributed by atoms with Gasteiger partial charge in [-0.15, -0.1) is 0 Å². The van der Waals surface area contributed by atoms with Gasteiger partial charge in [0.25, 0.3) is 0 Å². The van der Waals surface area contributed by atoms with Crippen LogP contribution >= 0.6 is 0 Å². The smallest absolute Gasteiger partial charge is 0.408 e. The number of carbonyl (C=O) groups excluding carboxylic acids is 1. The van der Waals surface area contributed by atoms with Gasteiger partial charge in [0.05, 0.1) is 18.2 Å². The zero-order valence-electron chi connectivity index (χ0n) is 14.7. The molecule has 0 saturated heterocycles. The largest absolute Gasteiger partial charge is 0.493 e. The summed E-state index contributed by atoms with van der Waals surface area (Å²) in [5.41, 5.74) is -0.210. The number of hydrogen-bond donors (Lipinski definition) is 1. The fraction of sp³-hybridized carbons (Fsp3) is 0.444. The number of hydrogen-bond acceptors (Lipinski definition) is 4. The molecule has 1 aromatic carbocycles. The summed E-state index contributed by atoms with van der Waals surface area (Å²) in [6.45, 7) is 0.0911. The Hall–Kier alpha value is -2.58. The Kier molecular flexibility index (Phi) is 4.65. The van der Waals surface area contributed by atoms with Crippen molar-refractivity contribution >= 4 is 5.97 Å².